The molecule has 1 saturated carbocycles. The fourth-order valence-electron chi connectivity index (χ4n) is 4.49. The minimum absolute atomic E-state index is 1.07. The van der Waals surface area contributed by atoms with Crippen LogP contribution in [0.2, 0.25) is 0 Å². The van der Waals surface area contributed by atoms with E-state index in [0.29, 0.717) is 0 Å². The summed E-state index contributed by atoms with van der Waals surface area (Å²) in [7, 11) is 4.46. The zero-order valence-corrected chi connectivity index (χ0v) is 15.7. The van der Waals surface area contributed by atoms with Crippen molar-refractivity contribution in [3.8, 4) is 0 Å². The van der Waals surface area contributed by atoms with Gasteiger partial charge in [-0.25, -0.2) is 0 Å². The highest BCUT2D eigenvalue weighted by Gasteiger charge is 2.32. The van der Waals surface area contributed by atoms with Crippen LogP contribution in [0.25, 0.3) is 0 Å². The lowest BCUT2D eigenvalue weighted by Gasteiger charge is -2.32. The lowest BCUT2D eigenvalue weighted by atomic mass is 9.82. The molecule has 2 heterocycles. The third-order valence-corrected chi connectivity index (χ3v) is 6.00. The molecule has 2 atom stereocenters. The van der Waals surface area contributed by atoms with Gasteiger partial charge in [0.05, 0.1) is 0 Å². The van der Waals surface area contributed by atoms with E-state index in [2.05, 4.69) is 59.1 Å². The Labute approximate surface area is 148 Å². The van der Waals surface area contributed by atoms with E-state index >= 15 is 0 Å². The molecule has 3 aliphatic rings. The average Bonchev–Trinajstić information content (AvgIpc) is 2.99. The van der Waals surface area contributed by atoms with Crippen LogP contribution < -0.4 is 0 Å². The van der Waals surface area contributed by atoms with E-state index in [1.807, 2.05) is 0 Å². The van der Waals surface area contributed by atoms with Crippen molar-refractivity contribution in [2.24, 2.45) is 11.8 Å². The fraction of sp³-hybridized carbons (Fsp3) is 0.714. The van der Waals surface area contributed by atoms with Crippen molar-refractivity contribution in [1.29, 1.82) is 0 Å². The zero-order valence-electron chi connectivity index (χ0n) is 15.7. The van der Waals surface area contributed by atoms with Crippen molar-refractivity contribution < 1.29 is 0 Å². The molecule has 0 N–H and O–H groups in total. The van der Waals surface area contributed by atoms with Gasteiger partial charge in [-0.3, -0.25) is 4.90 Å². The highest BCUT2D eigenvalue weighted by Crippen LogP contribution is 2.35. The Kier molecular flexibility index (Phi) is 6.70. The van der Waals surface area contributed by atoms with Crippen molar-refractivity contribution in [2.45, 2.75) is 32.2 Å². The Morgan fingerprint density at radius 2 is 1.38 bits per heavy atom. The summed E-state index contributed by atoms with van der Waals surface area (Å²) < 4.78 is 0. The second-order valence-electron chi connectivity index (χ2n) is 8.09. The van der Waals surface area contributed by atoms with Gasteiger partial charge in [0.15, 0.2) is 0 Å². The number of hydrogen-bond acceptors (Lipinski definition) is 3. The van der Waals surface area contributed by atoms with Crippen LogP contribution in [0.4, 0.5) is 0 Å². The van der Waals surface area contributed by atoms with Gasteiger partial charge < -0.3 is 9.80 Å². The normalized spacial score (nSPS) is 28.9. The molecule has 0 spiro atoms. The van der Waals surface area contributed by atoms with Crippen LogP contribution in [0.1, 0.15) is 31.2 Å². The second-order valence-corrected chi connectivity index (χ2v) is 8.09. The SMILES string of the molecule is CN1CC2CCCCC2C1.CN1CCN(Cc2ccccc2)CC1. The van der Waals surface area contributed by atoms with Gasteiger partial charge in [0.2, 0.25) is 0 Å². The number of rotatable bonds is 2. The molecule has 3 nitrogen and oxygen atoms in total. The maximum Gasteiger partial charge on any atom is 0.0234 e. The highest BCUT2D eigenvalue weighted by molar-refractivity contribution is 5.14. The molecule has 0 radical (unpaired) electrons. The summed E-state index contributed by atoms with van der Waals surface area (Å²) in [5.41, 5.74) is 1.43. The minimum Gasteiger partial charge on any atom is -0.306 e. The number of fused-ring (bicyclic) bond motifs is 1. The first kappa shape index (κ1) is 17.9. The van der Waals surface area contributed by atoms with Crippen LogP contribution in [0.5, 0.6) is 0 Å². The first-order valence-corrected chi connectivity index (χ1v) is 9.84. The van der Waals surface area contributed by atoms with Gasteiger partial charge in [-0.05, 0) is 44.3 Å². The molecule has 0 bridgehead atoms. The Morgan fingerprint density at radius 3 is 1.96 bits per heavy atom. The lowest BCUT2D eigenvalue weighted by molar-refractivity contribution is 0.148. The van der Waals surface area contributed by atoms with Crippen molar-refractivity contribution in [1.82, 2.24) is 14.7 Å². The number of nitrogens with zero attached hydrogens (tertiary/aromatic N) is 3. The van der Waals surface area contributed by atoms with Crippen LogP contribution in [0.15, 0.2) is 30.3 Å². The molecule has 3 fully saturated rings. The minimum atomic E-state index is 1.07. The third kappa shape index (κ3) is 5.30. The highest BCUT2D eigenvalue weighted by atomic mass is 15.2. The van der Waals surface area contributed by atoms with Crippen LogP contribution in [0.3, 0.4) is 0 Å². The summed E-state index contributed by atoms with van der Waals surface area (Å²) in [6.45, 7) is 8.67. The number of hydrogen-bond donors (Lipinski definition) is 0. The predicted molar refractivity (Wildman–Crippen MR) is 102 cm³/mol. The number of benzene rings is 1. The standard InChI is InChI=1S/C12H18N2.C9H17N/c1-13-7-9-14(10-8-13)11-12-5-3-2-4-6-12;1-10-6-8-4-2-3-5-9(8)7-10/h2-6H,7-11H2,1H3;8-9H,2-7H2,1H3. The molecule has 1 aromatic rings. The Bertz CT molecular complexity index is 453. The number of likely N-dealkylation sites (tertiary alicyclic amines) is 1. The third-order valence-electron chi connectivity index (χ3n) is 6.00. The van der Waals surface area contributed by atoms with Crippen molar-refractivity contribution in [3.63, 3.8) is 0 Å². The van der Waals surface area contributed by atoms with Crippen LogP contribution in [-0.4, -0.2) is 68.1 Å². The van der Waals surface area contributed by atoms with Gasteiger partial charge in [0.1, 0.15) is 0 Å². The second kappa shape index (κ2) is 8.98. The molecule has 1 aliphatic carbocycles. The maximum absolute atomic E-state index is 2.52. The molecule has 4 rings (SSSR count). The molecule has 0 aromatic heterocycles. The lowest BCUT2D eigenvalue weighted by Crippen LogP contribution is -2.43. The molecule has 0 amide bonds. The monoisotopic (exact) mass is 329 g/mol. The fourth-order valence-corrected chi connectivity index (χ4v) is 4.49. The smallest absolute Gasteiger partial charge is 0.0234 e. The molecule has 134 valence electrons. The van der Waals surface area contributed by atoms with Crippen molar-refractivity contribution in [3.05, 3.63) is 35.9 Å². The van der Waals surface area contributed by atoms with E-state index in [1.54, 1.807) is 0 Å². The van der Waals surface area contributed by atoms with Gasteiger partial charge >= 0.3 is 0 Å². The van der Waals surface area contributed by atoms with Gasteiger partial charge in [-0.1, -0.05) is 43.2 Å². The summed E-state index contributed by atoms with van der Waals surface area (Å²) in [6.07, 6.45) is 6.01. The molecular weight excluding hydrogens is 294 g/mol. The number of likely N-dealkylation sites (N-methyl/N-ethyl adjacent to an activating group) is 1. The Hall–Kier alpha value is -0.900. The van der Waals surface area contributed by atoms with E-state index < -0.39 is 0 Å². The first-order chi connectivity index (χ1) is 11.7. The molecule has 2 aliphatic heterocycles. The molecule has 24 heavy (non-hydrogen) atoms. The van der Waals surface area contributed by atoms with E-state index in [9.17, 15) is 0 Å². The summed E-state index contributed by atoms with van der Waals surface area (Å²) in [5, 5.41) is 0. The summed E-state index contributed by atoms with van der Waals surface area (Å²) in [5.74, 6) is 2.14. The largest absolute Gasteiger partial charge is 0.306 e. The van der Waals surface area contributed by atoms with Crippen LogP contribution in [-0.2, 0) is 6.54 Å². The van der Waals surface area contributed by atoms with Gasteiger partial charge in [-0.15, -0.1) is 0 Å². The summed E-state index contributed by atoms with van der Waals surface area (Å²) in [6, 6.07) is 10.7. The van der Waals surface area contributed by atoms with Gasteiger partial charge in [-0.2, -0.15) is 0 Å². The quantitative estimate of drug-likeness (QED) is 0.825. The number of piperazine rings is 1. The average molecular weight is 330 g/mol. The van der Waals surface area contributed by atoms with Crippen molar-refractivity contribution >= 4 is 0 Å². The Morgan fingerprint density at radius 1 is 0.792 bits per heavy atom. The molecular formula is C21H35N3. The van der Waals surface area contributed by atoms with Gasteiger partial charge in [0.25, 0.3) is 0 Å². The molecule has 2 saturated heterocycles. The van der Waals surface area contributed by atoms with Crippen LogP contribution >= 0.6 is 0 Å². The van der Waals surface area contributed by atoms with Gasteiger partial charge in [0, 0.05) is 45.8 Å². The molecule has 1 aromatic carbocycles. The van der Waals surface area contributed by atoms with E-state index in [4.69, 9.17) is 0 Å². The van der Waals surface area contributed by atoms with E-state index in [-0.39, 0.29) is 0 Å². The molecule has 2 unspecified atom stereocenters. The topological polar surface area (TPSA) is 9.72 Å². The van der Waals surface area contributed by atoms with Crippen LogP contribution in [0, 0.1) is 11.8 Å². The van der Waals surface area contributed by atoms with E-state index in [0.717, 1.165) is 18.4 Å². The zero-order chi connectivity index (χ0) is 16.8. The van der Waals surface area contributed by atoms with Crippen molar-refractivity contribution in [2.75, 3.05) is 53.4 Å². The first-order valence-electron chi connectivity index (χ1n) is 9.84. The Balaban J connectivity index is 0.000000149. The van der Waals surface area contributed by atoms with E-state index in [1.165, 1.54) is 70.5 Å². The predicted octanol–water partition coefficient (Wildman–Crippen LogP) is 3.17. The summed E-state index contributed by atoms with van der Waals surface area (Å²) in [4.78, 5) is 7.41. The maximum atomic E-state index is 2.52. The summed E-state index contributed by atoms with van der Waals surface area (Å²) >= 11 is 0. The molecule has 3 heteroatoms.